The molecule has 3 aromatic rings. The van der Waals surface area contributed by atoms with Crippen molar-refractivity contribution in [2.75, 3.05) is 18.2 Å². The second-order valence-corrected chi connectivity index (χ2v) is 9.89. The minimum absolute atomic E-state index is 0.0342. The van der Waals surface area contributed by atoms with E-state index in [0.29, 0.717) is 0 Å². The molecular weight excluding hydrogens is 519 g/mol. The predicted molar refractivity (Wildman–Crippen MR) is 119 cm³/mol. The van der Waals surface area contributed by atoms with Crippen molar-refractivity contribution >= 4 is 44.8 Å². The average molecular weight is 534 g/mol. The molecule has 0 radical (unpaired) electrons. The van der Waals surface area contributed by atoms with E-state index in [0.717, 1.165) is 42.2 Å². The van der Waals surface area contributed by atoms with Crippen LogP contribution in [0.25, 0.3) is 0 Å². The Kier molecular flexibility index (Phi) is 7.58. The Bertz CT molecular complexity index is 1390. The van der Waals surface area contributed by atoms with Gasteiger partial charge in [-0.05, 0) is 36.4 Å². The average Bonchev–Trinajstić information content (AvgIpc) is 2.77. The van der Waals surface area contributed by atoms with Crippen molar-refractivity contribution in [1.29, 1.82) is 0 Å². The number of aromatic amines is 1. The van der Waals surface area contributed by atoms with Crippen molar-refractivity contribution < 1.29 is 31.1 Å². The summed E-state index contributed by atoms with van der Waals surface area (Å²) in [6.45, 7) is 0. The maximum Gasteiger partial charge on any atom is 0.416 e. The Morgan fingerprint density at radius 1 is 1.24 bits per heavy atom. The number of ether oxygens (including phenoxy) is 1. The van der Waals surface area contributed by atoms with Gasteiger partial charge in [0.05, 0.1) is 34.5 Å². The minimum Gasteiger partial charge on any atom is -0.495 e. The van der Waals surface area contributed by atoms with Crippen LogP contribution in [-0.2, 0) is 20.8 Å². The summed E-state index contributed by atoms with van der Waals surface area (Å²) in [6.07, 6.45) is -3.71. The van der Waals surface area contributed by atoms with Crippen molar-refractivity contribution in [3.63, 3.8) is 0 Å². The van der Waals surface area contributed by atoms with Gasteiger partial charge in [0, 0.05) is 5.69 Å². The van der Waals surface area contributed by atoms with E-state index < -0.39 is 37.9 Å². The zero-order chi connectivity index (χ0) is 25.1. The number of aromatic nitrogens is 2. The second-order valence-electron chi connectivity index (χ2n) is 6.60. The van der Waals surface area contributed by atoms with Crippen molar-refractivity contribution in [1.82, 2.24) is 9.97 Å². The normalized spacial score (nSPS) is 11.8. The first-order valence-electron chi connectivity index (χ1n) is 9.19. The number of anilines is 1. The summed E-state index contributed by atoms with van der Waals surface area (Å²) in [4.78, 5) is 29.7. The number of alkyl halides is 3. The third kappa shape index (κ3) is 5.90. The van der Waals surface area contributed by atoms with Gasteiger partial charge in [-0.1, -0.05) is 29.4 Å². The highest BCUT2D eigenvalue weighted by atomic mass is 35.5. The Morgan fingerprint density at radius 3 is 2.59 bits per heavy atom. The summed E-state index contributed by atoms with van der Waals surface area (Å²) in [5, 5.41) is 2.29. The van der Waals surface area contributed by atoms with Crippen LogP contribution in [0.3, 0.4) is 0 Å². The van der Waals surface area contributed by atoms with E-state index in [1.807, 2.05) is 0 Å². The van der Waals surface area contributed by atoms with Crippen LogP contribution in [0.4, 0.5) is 18.9 Å². The Balaban J connectivity index is 1.70. The summed E-state index contributed by atoms with van der Waals surface area (Å²) in [5.41, 5.74) is -1.94. The SMILES string of the molecule is COc1ccc(S(=O)(=O)c2cnc(SCC(=O)Nc3cccc(C(F)(F)F)c3)[nH]c2=O)cc1Cl. The molecule has 0 saturated heterocycles. The quantitative estimate of drug-likeness (QED) is 0.348. The number of carbonyl (C=O) groups is 1. The Morgan fingerprint density at radius 2 is 1.97 bits per heavy atom. The molecule has 0 aliphatic carbocycles. The topological polar surface area (TPSA) is 118 Å². The molecule has 1 heterocycles. The highest BCUT2D eigenvalue weighted by molar-refractivity contribution is 7.99. The van der Waals surface area contributed by atoms with Crippen LogP contribution < -0.4 is 15.6 Å². The zero-order valence-electron chi connectivity index (χ0n) is 17.1. The number of amides is 1. The van der Waals surface area contributed by atoms with Gasteiger partial charge in [-0.25, -0.2) is 13.4 Å². The number of nitrogens with one attached hydrogen (secondary N) is 2. The number of hydrogen-bond acceptors (Lipinski definition) is 7. The summed E-state index contributed by atoms with van der Waals surface area (Å²) in [6, 6.07) is 7.80. The van der Waals surface area contributed by atoms with Crippen molar-refractivity contribution in [2.24, 2.45) is 0 Å². The molecule has 0 fully saturated rings. The fraction of sp³-hybridized carbons (Fsp3) is 0.150. The standard InChI is InChI=1S/C20H15ClF3N3O5S2/c1-32-15-6-5-13(8-14(15)21)34(30,31)16-9-25-19(27-18(16)29)33-10-17(28)26-12-4-2-3-11(7-12)20(22,23)24/h2-9H,10H2,1H3,(H,26,28)(H,25,27,29). The first-order chi connectivity index (χ1) is 15.9. The summed E-state index contributed by atoms with van der Waals surface area (Å²) in [5.74, 6) is -0.710. The predicted octanol–water partition coefficient (Wildman–Crippen LogP) is 4.01. The number of H-pyrrole nitrogens is 1. The molecular formula is C20H15ClF3N3O5S2. The number of sulfone groups is 1. The molecule has 0 bridgehead atoms. The number of benzene rings is 2. The highest BCUT2D eigenvalue weighted by Gasteiger charge is 2.30. The van der Waals surface area contributed by atoms with E-state index in [1.165, 1.54) is 25.3 Å². The molecule has 0 aliphatic rings. The first kappa shape index (κ1) is 25.6. The van der Waals surface area contributed by atoms with Gasteiger partial charge >= 0.3 is 6.18 Å². The van der Waals surface area contributed by atoms with Crippen LogP contribution in [-0.4, -0.2) is 37.2 Å². The van der Waals surface area contributed by atoms with E-state index >= 15 is 0 Å². The van der Waals surface area contributed by atoms with Gasteiger partial charge in [0.2, 0.25) is 15.7 Å². The van der Waals surface area contributed by atoms with Crippen molar-refractivity contribution in [3.8, 4) is 5.75 Å². The van der Waals surface area contributed by atoms with Crippen molar-refractivity contribution in [3.05, 3.63) is 69.6 Å². The monoisotopic (exact) mass is 533 g/mol. The van der Waals surface area contributed by atoms with E-state index in [1.54, 1.807) is 0 Å². The van der Waals surface area contributed by atoms with E-state index in [-0.39, 0.29) is 32.3 Å². The second kappa shape index (κ2) is 10.1. The third-order valence-corrected chi connectivity index (χ3v) is 7.21. The number of rotatable bonds is 7. The van der Waals surface area contributed by atoms with Gasteiger partial charge in [0.1, 0.15) is 5.75 Å². The summed E-state index contributed by atoms with van der Waals surface area (Å²) >= 11 is 6.72. The molecule has 180 valence electrons. The van der Waals surface area contributed by atoms with Gasteiger partial charge in [0.15, 0.2) is 10.1 Å². The van der Waals surface area contributed by atoms with Crippen LogP contribution in [0, 0.1) is 0 Å². The number of methoxy groups -OCH3 is 1. The smallest absolute Gasteiger partial charge is 0.416 e. The lowest BCUT2D eigenvalue weighted by Crippen LogP contribution is -2.20. The molecule has 0 saturated carbocycles. The van der Waals surface area contributed by atoms with Crippen molar-refractivity contribution in [2.45, 2.75) is 21.1 Å². The van der Waals surface area contributed by atoms with E-state index in [2.05, 4.69) is 15.3 Å². The third-order valence-electron chi connectivity index (χ3n) is 4.28. The largest absolute Gasteiger partial charge is 0.495 e. The number of carbonyl (C=O) groups excluding carboxylic acids is 1. The van der Waals surface area contributed by atoms with Crippen LogP contribution in [0.15, 0.2) is 68.4 Å². The minimum atomic E-state index is -4.56. The van der Waals surface area contributed by atoms with Gasteiger partial charge < -0.3 is 15.0 Å². The summed E-state index contributed by atoms with van der Waals surface area (Å²) < 4.78 is 68.9. The molecule has 2 N–H and O–H groups in total. The molecule has 0 atom stereocenters. The molecule has 34 heavy (non-hydrogen) atoms. The molecule has 2 aromatic carbocycles. The highest BCUT2D eigenvalue weighted by Crippen LogP contribution is 2.31. The Labute approximate surface area is 200 Å². The molecule has 0 unspecified atom stereocenters. The molecule has 1 aromatic heterocycles. The lowest BCUT2D eigenvalue weighted by atomic mass is 10.2. The molecule has 8 nitrogen and oxygen atoms in total. The lowest BCUT2D eigenvalue weighted by Gasteiger charge is -2.10. The van der Waals surface area contributed by atoms with Crippen LogP contribution >= 0.6 is 23.4 Å². The van der Waals surface area contributed by atoms with Gasteiger partial charge in [0.25, 0.3) is 5.56 Å². The number of thioether (sulfide) groups is 1. The number of hydrogen-bond donors (Lipinski definition) is 2. The molecule has 3 rings (SSSR count). The Hall–Kier alpha value is -3.03. The van der Waals surface area contributed by atoms with Gasteiger partial charge in [-0.15, -0.1) is 0 Å². The lowest BCUT2D eigenvalue weighted by molar-refractivity contribution is -0.137. The van der Waals surface area contributed by atoms with Crippen LogP contribution in [0.1, 0.15) is 5.56 Å². The molecule has 14 heteroatoms. The van der Waals surface area contributed by atoms with Crippen LogP contribution in [0.2, 0.25) is 5.02 Å². The zero-order valence-corrected chi connectivity index (χ0v) is 19.5. The fourth-order valence-corrected chi connectivity index (χ4v) is 4.89. The van der Waals surface area contributed by atoms with Gasteiger partial charge in [-0.2, -0.15) is 13.2 Å². The molecule has 0 aliphatic heterocycles. The van der Waals surface area contributed by atoms with E-state index in [9.17, 15) is 31.2 Å². The number of halogens is 4. The summed E-state index contributed by atoms with van der Waals surface area (Å²) in [7, 11) is -2.89. The number of nitrogens with zero attached hydrogens (tertiary/aromatic N) is 1. The first-order valence-corrected chi connectivity index (χ1v) is 12.0. The van der Waals surface area contributed by atoms with Gasteiger partial charge in [-0.3, -0.25) is 9.59 Å². The molecule has 0 spiro atoms. The molecule has 1 amide bonds. The fourth-order valence-electron chi connectivity index (χ4n) is 2.68. The van der Waals surface area contributed by atoms with E-state index in [4.69, 9.17) is 16.3 Å². The van der Waals surface area contributed by atoms with Crippen LogP contribution in [0.5, 0.6) is 5.75 Å². The maximum atomic E-state index is 12.8. The maximum absolute atomic E-state index is 12.8.